The summed E-state index contributed by atoms with van der Waals surface area (Å²) >= 11 is 0. The third-order valence-electron chi connectivity index (χ3n) is 3.55. The summed E-state index contributed by atoms with van der Waals surface area (Å²) in [5, 5.41) is 10.2. The Hall–Kier alpha value is -0.340. The SMILES string of the molecule is C=C(C)CC(O)C1(OC)CCCC(C)C1. The third-order valence-corrected chi connectivity index (χ3v) is 3.55. The fourth-order valence-electron chi connectivity index (χ4n) is 2.68. The molecule has 0 aromatic rings. The topological polar surface area (TPSA) is 29.5 Å². The molecular weight excluding hydrogens is 188 g/mol. The average Bonchev–Trinajstić information content (AvgIpc) is 2.16. The summed E-state index contributed by atoms with van der Waals surface area (Å²) in [6.45, 7) is 8.05. The molecule has 2 heteroatoms. The first kappa shape index (κ1) is 12.7. The Balaban J connectivity index is 2.69. The lowest BCUT2D eigenvalue weighted by molar-refractivity contribution is -0.130. The van der Waals surface area contributed by atoms with Crippen molar-refractivity contribution in [3.05, 3.63) is 12.2 Å². The van der Waals surface area contributed by atoms with E-state index in [1.165, 1.54) is 6.42 Å². The molecule has 1 saturated carbocycles. The van der Waals surface area contributed by atoms with E-state index < -0.39 is 6.10 Å². The minimum Gasteiger partial charge on any atom is -0.390 e. The van der Waals surface area contributed by atoms with Gasteiger partial charge in [-0.05, 0) is 32.1 Å². The highest BCUT2D eigenvalue weighted by atomic mass is 16.5. The van der Waals surface area contributed by atoms with Crippen LogP contribution in [0.4, 0.5) is 0 Å². The van der Waals surface area contributed by atoms with Crippen LogP contribution in [0.2, 0.25) is 0 Å². The predicted octanol–water partition coefficient (Wildman–Crippen LogP) is 2.91. The highest BCUT2D eigenvalue weighted by Gasteiger charge is 2.41. The Labute approximate surface area is 93.3 Å². The monoisotopic (exact) mass is 212 g/mol. The van der Waals surface area contributed by atoms with Gasteiger partial charge >= 0.3 is 0 Å². The molecule has 0 spiro atoms. The highest BCUT2D eigenvalue weighted by molar-refractivity contribution is 5.00. The van der Waals surface area contributed by atoms with Gasteiger partial charge in [-0.3, -0.25) is 0 Å². The fourth-order valence-corrected chi connectivity index (χ4v) is 2.68. The molecule has 0 aromatic heterocycles. The fraction of sp³-hybridized carbons (Fsp3) is 0.846. The number of ether oxygens (including phenoxy) is 1. The summed E-state index contributed by atoms with van der Waals surface area (Å²) in [6, 6.07) is 0. The van der Waals surface area contributed by atoms with Gasteiger partial charge < -0.3 is 9.84 Å². The summed E-state index contributed by atoms with van der Waals surface area (Å²) in [6.07, 6.45) is 4.61. The van der Waals surface area contributed by atoms with Crippen LogP contribution in [0.3, 0.4) is 0 Å². The summed E-state index contributed by atoms with van der Waals surface area (Å²) in [7, 11) is 1.72. The molecule has 0 saturated heterocycles. The Kier molecular flexibility index (Phi) is 4.35. The van der Waals surface area contributed by atoms with E-state index in [1.807, 2.05) is 6.92 Å². The van der Waals surface area contributed by atoms with Crippen LogP contribution >= 0.6 is 0 Å². The summed E-state index contributed by atoms with van der Waals surface area (Å²) in [5.74, 6) is 0.651. The van der Waals surface area contributed by atoms with E-state index in [0.29, 0.717) is 12.3 Å². The average molecular weight is 212 g/mol. The van der Waals surface area contributed by atoms with Gasteiger partial charge in [-0.15, -0.1) is 6.58 Å². The molecule has 1 aliphatic carbocycles. The van der Waals surface area contributed by atoms with Gasteiger partial charge in [-0.2, -0.15) is 0 Å². The lowest BCUT2D eigenvalue weighted by atomic mass is 9.74. The number of aliphatic hydroxyl groups excluding tert-OH is 1. The van der Waals surface area contributed by atoms with Gasteiger partial charge in [0.15, 0.2) is 0 Å². The van der Waals surface area contributed by atoms with Gasteiger partial charge in [0, 0.05) is 7.11 Å². The second-order valence-electron chi connectivity index (χ2n) is 5.15. The van der Waals surface area contributed by atoms with Crippen LogP contribution in [0.15, 0.2) is 12.2 Å². The normalized spacial score (nSPS) is 33.7. The minimum atomic E-state index is -0.400. The maximum Gasteiger partial charge on any atom is 0.0942 e. The van der Waals surface area contributed by atoms with E-state index in [0.717, 1.165) is 24.8 Å². The van der Waals surface area contributed by atoms with E-state index in [2.05, 4.69) is 13.5 Å². The van der Waals surface area contributed by atoms with Gasteiger partial charge in [0.05, 0.1) is 11.7 Å². The molecule has 0 amide bonds. The molecule has 2 nitrogen and oxygen atoms in total. The largest absolute Gasteiger partial charge is 0.390 e. The molecule has 3 unspecified atom stereocenters. The quantitative estimate of drug-likeness (QED) is 0.726. The zero-order chi connectivity index (χ0) is 11.5. The van der Waals surface area contributed by atoms with Gasteiger partial charge in [0.2, 0.25) is 0 Å². The van der Waals surface area contributed by atoms with Crippen molar-refractivity contribution in [3.8, 4) is 0 Å². The summed E-state index contributed by atoms with van der Waals surface area (Å²) in [5.41, 5.74) is 0.702. The van der Waals surface area contributed by atoms with Crippen molar-refractivity contribution < 1.29 is 9.84 Å². The lowest BCUT2D eigenvalue weighted by Gasteiger charge is -2.42. The van der Waals surface area contributed by atoms with Gasteiger partial charge in [-0.1, -0.05) is 25.3 Å². The number of aliphatic hydroxyl groups is 1. The lowest BCUT2D eigenvalue weighted by Crippen LogP contribution is -2.47. The predicted molar refractivity (Wildman–Crippen MR) is 62.8 cm³/mol. The van der Waals surface area contributed by atoms with E-state index in [-0.39, 0.29) is 5.60 Å². The standard InChI is InChI=1S/C13H24O2/c1-10(2)8-12(14)13(15-4)7-5-6-11(3)9-13/h11-12,14H,1,5-9H2,2-4H3. The van der Waals surface area contributed by atoms with Gasteiger partial charge in [0.1, 0.15) is 0 Å². The molecule has 1 rings (SSSR count). The highest BCUT2D eigenvalue weighted by Crippen LogP contribution is 2.38. The first-order chi connectivity index (χ1) is 7.00. The van der Waals surface area contributed by atoms with Crippen molar-refractivity contribution in [1.29, 1.82) is 0 Å². The van der Waals surface area contributed by atoms with Crippen molar-refractivity contribution in [3.63, 3.8) is 0 Å². The third kappa shape index (κ3) is 3.05. The molecule has 0 radical (unpaired) electrons. The van der Waals surface area contributed by atoms with Crippen LogP contribution in [-0.2, 0) is 4.74 Å². The van der Waals surface area contributed by atoms with Crippen LogP contribution in [0.5, 0.6) is 0 Å². The minimum absolute atomic E-state index is 0.323. The van der Waals surface area contributed by atoms with Crippen molar-refractivity contribution in [2.24, 2.45) is 5.92 Å². The molecule has 0 bridgehead atoms. The van der Waals surface area contributed by atoms with Gasteiger partial charge in [0.25, 0.3) is 0 Å². The number of hydrogen-bond donors (Lipinski definition) is 1. The zero-order valence-corrected chi connectivity index (χ0v) is 10.3. The summed E-state index contributed by atoms with van der Waals surface area (Å²) in [4.78, 5) is 0. The van der Waals surface area contributed by atoms with E-state index in [9.17, 15) is 5.11 Å². The molecule has 88 valence electrons. The van der Waals surface area contributed by atoms with E-state index in [1.54, 1.807) is 7.11 Å². The molecule has 1 fully saturated rings. The van der Waals surface area contributed by atoms with Crippen LogP contribution < -0.4 is 0 Å². The molecule has 15 heavy (non-hydrogen) atoms. The van der Waals surface area contributed by atoms with Crippen molar-refractivity contribution in [2.45, 2.75) is 57.7 Å². The van der Waals surface area contributed by atoms with E-state index in [4.69, 9.17) is 4.74 Å². The number of rotatable bonds is 4. The first-order valence-corrected chi connectivity index (χ1v) is 5.88. The van der Waals surface area contributed by atoms with Crippen LogP contribution in [0, 0.1) is 5.92 Å². The van der Waals surface area contributed by atoms with Crippen LogP contribution in [0.1, 0.15) is 46.0 Å². The Morgan fingerprint density at radius 3 is 2.80 bits per heavy atom. The number of hydrogen-bond acceptors (Lipinski definition) is 2. The molecule has 0 aliphatic heterocycles. The van der Waals surface area contributed by atoms with Crippen molar-refractivity contribution in [2.75, 3.05) is 7.11 Å². The second kappa shape index (κ2) is 5.13. The molecule has 1 aliphatic rings. The van der Waals surface area contributed by atoms with E-state index >= 15 is 0 Å². The molecular formula is C13H24O2. The van der Waals surface area contributed by atoms with Crippen molar-refractivity contribution in [1.82, 2.24) is 0 Å². The Morgan fingerprint density at radius 1 is 1.67 bits per heavy atom. The van der Waals surface area contributed by atoms with Gasteiger partial charge in [-0.25, -0.2) is 0 Å². The molecule has 3 atom stereocenters. The second-order valence-corrected chi connectivity index (χ2v) is 5.15. The molecule has 1 N–H and O–H groups in total. The number of methoxy groups -OCH3 is 1. The molecule has 0 heterocycles. The first-order valence-electron chi connectivity index (χ1n) is 5.88. The maximum atomic E-state index is 10.2. The van der Waals surface area contributed by atoms with Crippen molar-refractivity contribution >= 4 is 0 Å². The Morgan fingerprint density at radius 2 is 2.33 bits per heavy atom. The summed E-state index contributed by atoms with van der Waals surface area (Å²) < 4.78 is 5.62. The maximum absolute atomic E-state index is 10.2. The molecule has 0 aromatic carbocycles. The Bertz CT molecular complexity index is 225. The smallest absolute Gasteiger partial charge is 0.0942 e. The van der Waals surface area contributed by atoms with Crippen LogP contribution in [-0.4, -0.2) is 23.9 Å². The zero-order valence-electron chi connectivity index (χ0n) is 10.3. The van der Waals surface area contributed by atoms with Crippen LogP contribution in [0.25, 0.3) is 0 Å².